The lowest BCUT2D eigenvalue weighted by Gasteiger charge is -2.36. The summed E-state index contributed by atoms with van der Waals surface area (Å²) in [5, 5.41) is 0.139. The lowest BCUT2D eigenvalue weighted by molar-refractivity contribution is -0.120. The van der Waals surface area contributed by atoms with Crippen LogP contribution in [-0.2, 0) is 9.59 Å². The first kappa shape index (κ1) is 20.7. The predicted molar refractivity (Wildman–Crippen MR) is 129 cm³/mol. The van der Waals surface area contributed by atoms with Crippen molar-refractivity contribution in [3.05, 3.63) is 102 Å². The highest BCUT2D eigenvalue weighted by Crippen LogP contribution is 2.29. The number of amides is 2. The fourth-order valence-corrected chi connectivity index (χ4v) is 3.86. The van der Waals surface area contributed by atoms with Crippen LogP contribution in [0, 0.1) is 0 Å². The Bertz CT molecular complexity index is 1090. The third kappa shape index (κ3) is 4.05. The summed E-state index contributed by atoms with van der Waals surface area (Å²) < 4.78 is 0. The first-order valence-corrected chi connectivity index (χ1v) is 10.5. The number of rotatable bonds is 4. The molecule has 0 atom stereocenters. The molecule has 154 valence electrons. The largest absolute Gasteiger partial charge is 0.270 e. The molecule has 4 rings (SSSR count). The summed E-state index contributed by atoms with van der Waals surface area (Å²) in [7, 11) is 0. The standard InChI is InChI=1S/C26H22N2O2S/c1-18(2)20-15-13-19(14-16-20)17-23-24(29)27(21-9-5-3-6-10-21)26(31)28(25(23)30)22-11-7-4-8-12-22/h3-18H,1-2H3. The van der Waals surface area contributed by atoms with E-state index in [1.54, 1.807) is 30.3 Å². The molecule has 3 aromatic carbocycles. The highest BCUT2D eigenvalue weighted by atomic mass is 32.1. The van der Waals surface area contributed by atoms with Crippen LogP contribution < -0.4 is 9.80 Å². The molecule has 31 heavy (non-hydrogen) atoms. The highest BCUT2D eigenvalue weighted by Gasteiger charge is 2.41. The first-order chi connectivity index (χ1) is 15.0. The zero-order chi connectivity index (χ0) is 22.0. The third-order valence-electron chi connectivity index (χ3n) is 5.19. The quantitative estimate of drug-likeness (QED) is 0.312. The topological polar surface area (TPSA) is 40.6 Å². The molecule has 1 fully saturated rings. The second kappa shape index (κ2) is 8.66. The minimum Gasteiger partial charge on any atom is -0.268 e. The van der Waals surface area contributed by atoms with Crippen molar-refractivity contribution in [3.63, 3.8) is 0 Å². The van der Waals surface area contributed by atoms with E-state index in [1.165, 1.54) is 15.4 Å². The summed E-state index contributed by atoms with van der Waals surface area (Å²) in [5.74, 6) is -0.457. The summed E-state index contributed by atoms with van der Waals surface area (Å²) in [5.41, 5.74) is 3.29. The Morgan fingerprint density at radius 3 is 1.58 bits per heavy atom. The number of carbonyl (C=O) groups excluding carboxylic acids is 2. The van der Waals surface area contributed by atoms with Crippen molar-refractivity contribution in [2.45, 2.75) is 19.8 Å². The molecule has 1 saturated heterocycles. The maximum atomic E-state index is 13.4. The average molecular weight is 427 g/mol. The van der Waals surface area contributed by atoms with Crippen LogP contribution >= 0.6 is 12.2 Å². The number of anilines is 2. The van der Waals surface area contributed by atoms with Crippen LogP contribution in [0.4, 0.5) is 11.4 Å². The van der Waals surface area contributed by atoms with Crippen molar-refractivity contribution in [2.24, 2.45) is 0 Å². The van der Waals surface area contributed by atoms with Gasteiger partial charge in [-0.05, 0) is 59.6 Å². The third-order valence-corrected chi connectivity index (χ3v) is 5.56. The number of thiocarbonyl (C=S) groups is 1. The summed E-state index contributed by atoms with van der Waals surface area (Å²) in [6, 6.07) is 26.2. The monoisotopic (exact) mass is 426 g/mol. The number of para-hydroxylation sites is 2. The van der Waals surface area contributed by atoms with Crippen molar-refractivity contribution in [1.82, 2.24) is 0 Å². The van der Waals surface area contributed by atoms with Gasteiger partial charge in [0.25, 0.3) is 11.8 Å². The molecule has 4 nitrogen and oxygen atoms in total. The first-order valence-electron chi connectivity index (χ1n) is 10.1. The smallest absolute Gasteiger partial charge is 0.268 e. The van der Waals surface area contributed by atoms with Gasteiger partial charge in [-0.2, -0.15) is 0 Å². The Labute approximate surface area is 187 Å². The van der Waals surface area contributed by atoms with Crippen LogP contribution in [0.5, 0.6) is 0 Å². The van der Waals surface area contributed by atoms with Gasteiger partial charge in [0.1, 0.15) is 5.57 Å². The number of carbonyl (C=O) groups is 2. The number of hydrogen-bond acceptors (Lipinski definition) is 3. The van der Waals surface area contributed by atoms with Gasteiger partial charge in [-0.3, -0.25) is 19.4 Å². The van der Waals surface area contributed by atoms with Crippen LogP contribution in [0.1, 0.15) is 30.9 Å². The molecule has 0 unspecified atom stereocenters. The van der Waals surface area contributed by atoms with Gasteiger partial charge in [0.05, 0.1) is 11.4 Å². The lowest BCUT2D eigenvalue weighted by atomic mass is 10.00. The van der Waals surface area contributed by atoms with Crippen molar-refractivity contribution in [3.8, 4) is 0 Å². The van der Waals surface area contributed by atoms with Crippen LogP contribution in [0.15, 0.2) is 90.5 Å². The summed E-state index contributed by atoms with van der Waals surface area (Å²) in [6.07, 6.45) is 1.64. The zero-order valence-corrected chi connectivity index (χ0v) is 18.2. The molecular formula is C26H22N2O2S. The van der Waals surface area contributed by atoms with Gasteiger partial charge < -0.3 is 0 Å². The maximum absolute atomic E-state index is 13.4. The molecule has 0 spiro atoms. The molecule has 0 aliphatic carbocycles. The molecule has 0 bridgehead atoms. The van der Waals surface area contributed by atoms with E-state index >= 15 is 0 Å². The van der Waals surface area contributed by atoms with E-state index in [4.69, 9.17) is 12.2 Å². The van der Waals surface area contributed by atoms with Gasteiger partial charge in [0.2, 0.25) is 0 Å². The molecule has 0 N–H and O–H groups in total. The van der Waals surface area contributed by atoms with Crippen LogP contribution in [0.3, 0.4) is 0 Å². The molecule has 0 radical (unpaired) electrons. The molecule has 0 aromatic heterocycles. The second-order valence-corrected chi connectivity index (χ2v) is 7.98. The predicted octanol–water partition coefficient (Wildman–Crippen LogP) is 5.56. The molecule has 5 heteroatoms. The Hall–Kier alpha value is -3.57. The number of nitrogens with zero attached hydrogens (tertiary/aromatic N) is 2. The van der Waals surface area contributed by atoms with E-state index in [-0.39, 0.29) is 10.7 Å². The maximum Gasteiger partial charge on any atom is 0.270 e. The molecule has 3 aromatic rings. The summed E-state index contributed by atoms with van der Waals surface area (Å²) >= 11 is 5.61. The van der Waals surface area contributed by atoms with E-state index in [2.05, 4.69) is 13.8 Å². The Kier molecular flexibility index (Phi) is 5.78. The van der Waals surface area contributed by atoms with Gasteiger partial charge in [-0.1, -0.05) is 74.5 Å². The van der Waals surface area contributed by atoms with Gasteiger partial charge >= 0.3 is 0 Å². The van der Waals surface area contributed by atoms with Crippen molar-refractivity contribution in [1.29, 1.82) is 0 Å². The molecular weight excluding hydrogens is 404 g/mol. The van der Waals surface area contributed by atoms with E-state index < -0.39 is 11.8 Å². The van der Waals surface area contributed by atoms with E-state index in [9.17, 15) is 9.59 Å². The van der Waals surface area contributed by atoms with E-state index in [1.807, 2.05) is 60.7 Å². The van der Waals surface area contributed by atoms with Gasteiger partial charge in [0.15, 0.2) is 5.11 Å². The zero-order valence-electron chi connectivity index (χ0n) is 17.4. The number of benzene rings is 3. The average Bonchev–Trinajstić information content (AvgIpc) is 2.78. The molecule has 2 amide bonds. The molecule has 0 saturated carbocycles. The van der Waals surface area contributed by atoms with E-state index in [0.717, 1.165) is 5.56 Å². The van der Waals surface area contributed by atoms with E-state index in [0.29, 0.717) is 17.3 Å². The van der Waals surface area contributed by atoms with Gasteiger partial charge in [-0.25, -0.2) is 0 Å². The van der Waals surface area contributed by atoms with Gasteiger partial charge in [-0.15, -0.1) is 0 Å². The van der Waals surface area contributed by atoms with Crippen LogP contribution in [0.2, 0.25) is 0 Å². The SMILES string of the molecule is CC(C)c1ccc(C=C2C(=O)N(c3ccccc3)C(=S)N(c3ccccc3)C2=O)cc1. The highest BCUT2D eigenvalue weighted by molar-refractivity contribution is 7.81. The second-order valence-electron chi connectivity index (χ2n) is 7.61. The van der Waals surface area contributed by atoms with Crippen molar-refractivity contribution < 1.29 is 9.59 Å². The summed E-state index contributed by atoms with van der Waals surface area (Å²) in [4.78, 5) is 29.7. The fraction of sp³-hybridized carbons (Fsp3) is 0.115. The number of hydrogen-bond donors (Lipinski definition) is 0. The Morgan fingerprint density at radius 2 is 1.16 bits per heavy atom. The van der Waals surface area contributed by atoms with Gasteiger partial charge in [0, 0.05) is 0 Å². The minimum absolute atomic E-state index is 0.0682. The lowest BCUT2D eigenvalue weighted by Crippen LogP contribution is -2.56. The fourth-order valence-electron chi connectivity index (χ4n) is 3.48. The molecule has 1 aliphatic heterocycles. The minimum atomic E-state index is -0.429. The Morgan fingerprint density at radius 1 is 0.710 bits per heavy atom. The summed E-state index contributed by atoms with van der Waals surface area (Å²) in [6.45, 7) is 4.25. The Balaban J connectivity index is 1.82. The molecule has 1 heterocycles. The van der Waals surface area contributed by atoms with Crippen molar-refractivity contribution >= 4 is 46.6 Å². The van der Waals surface area contributed by atoms with Crippen LogP contribution in [0.25, 0.3) is 6.08 Å². The normalized spacial score (nSPS) is 14.4. The van der Waals surface area contributed by atoms with Crippen LogP contribution in [-0.4, -0.2) is 16.9 Å². The molecule has 1 aliphatic rings. The van der Waals surface area contributed by atoms with Crippen molar-refractivity contribution in [2.75, 3.05) is 9.80 Å².